The van der Waals surface area contributed by atoms with Crippen LogP contribution < -0.4 is 15.6 Å². The van der Waals surface area contributed by atoms with E-state index >= 15 is 0 Å². The molecule has 1 N–H and O–H groups in total. The van der Waals surface area contributed by atoms with E-state index in [2.05, 4.69) is 10.3 Å². The third kappa shape index (κ3) is 4.29. The normalized spacial score (nSPS) is 14.6. The zero-order valence-corrected chi connectivity index (χ0v) is 17.2. The minimum absolute atomic E-state index is 0.0472. The van der Waals surface area contributed by atoms with Crippen LogP contribution in [0, 0.1) is 5.92 Å². The Morgan fingerprint density at radius 2 is 2.07 bits per heavy atom. The summed E-state index contributed by atoms with van der Waals surface area (Å²) in [5.74, 6) is 1.40. The van der Waals surface area contributed by atoms with Gasteiger partial charge in [-0.15, -0.1) is 0 Å². The van der Waals surface area contributed by atoms with Gasteiger partial charge >= 0.3 is 0 Å². The van der Waals surface area contributed by atoms with Gasteiger partial charge in [-0.2, -0.15) is 0 Å². The molecule has 1 aromatic heterocycles. The van der Waals surface area contributed by atoms with E-state index in [1.54, 1.807) is 23.8 Å². The Kier molecular flexibility index (Phi) is 5.58. The van der Waals surface area contributed by atoms with Gasteiger partial charge in [-0.25, -0.2) is 4.98 Å². The minimum Gasteiger partial charge on any atom is -0.497 e. The average Bonchev–Trinajstić information content (AvgIpc) is 3.58. The molecular formula is C22H23N3O3S. The number of nitrogens with zero attached hydrogens (tertiary/aromatic N) is 2. The summed E-state index contributed by atoms with van der Waals surface area (Å²) in [7, 11) is 1.58. The van der Waals surface area contributed by atoms with Crippen LogP contribution in [-0.2, 0) is 4.79 Å². The lowest BCUT2D eigenvalue weighted by molar-refractivity contribution is -0.119. The number of carbonyl (C=O) groups is 1. The van der Waals surface area contributed by atoms with Crippen molar-refractivity contribution >= 4 is 28.6 Å². The number of rotatable bonds is 7. The molecule has 0 bridgehead atoms. The molecule has 2 aromatic carbocycles. The summed E-state index contributed by atoms with van der Waals surface area (Å²) in [5, 5.41) is 4.06. The molecule has 0 radical (unpaired) electrons. The van der Waals surface area contributed by atoms with Crippen molar-refractivity contribution in [2.45, 2.75) is 31.0 Å². The van der Waals surface area contributed by atoms with Crippen molar-refractivity contribution < 1.29 is 9.53 Å². The van der Waals surface area contributed by atoms with Crippen molar-refractivity contribution in [2.75, 3.05) is 12.9 Å². The maximum Gasteiger partial charge on any atom is 0.266 e. The highest BCUT2D eigenvalue weighted by Crippen LogP contribution is 2.32. The molecule has 3 aromatic rings. The van der Waals surface area contributed by atoms with E-state index in [1.165, 1.54) is 24.6 Å². The van der Waals surface area contributed by atoms with Crippen LogP contribution in [0.1, 0.15) is 19.8 Å². The first-order chi connectivity index (χ1) is 14.1. The van der Waals surface area contributed by atoms with E-state index in [-0.39, 0.29) is 23.3 Å². The quantitative estimate of drug-likeness (QED) is 0.478. The van der Waals surface area contributed by atoms with Crippen LogP contribution in [-0.4, -0.2) is 34.4 Å². The van der Waals surface area contributed by atoms with Gasteiger partial charge in [0.15, 0.2) is 5.16 Å². The summed E-state index contributed by atoms with van der Waals surface area (Å²) >= 11 is 1.27. The molecule has 1 saturated carbocycles. The standard InChI is InChI=1S/C22H23N3O3S/c1-14(15-10-11-15)23-20(26)13-29-22-24-19-9-4-3-8-18(19)21(27)25(22)16-6-5-7-17(12-16)28-2/h3-9,12,14-15H,10-11,13H2,1-2H3,(H,23,26)/t14-/m0/s1. The zero-order valence-electron chi connectivity index (χ0n) is 16.4. The molecule has 0 aliphatic heterocycles. The van der Waals surface area contributed by atoms with Gasteiger partial charge in [0.1, 0.15) is 5.75 Å². The Labute approximate surface area is 173 Å². The molecule has 0 unspecified atom stereocenters. The van der Waals surface area contributed by atoms with E-state index < -0.39 is 0 Å². The molecule has 0 saturated heterocycles. The van der Waals surface area contributed by atoms with E-state index in [9.17, 15) is 9.59 Å². The van der Waals surface area contributed by atoms with Crippen LogP contribution in [0.15, 0.2) is 58.5 Å². The molecule has 150 valence electrons. The maximum atomic E-state index is 13.2. The second-order valence-electron chi connectivity index (χ2n) is 7.24. The number of ether oxygens (including phenoxy) is 1. The molecule has 1 heterocycles. The average molecular weight is 410 g/mol. The molecule has 1 fully saturated rings. The number of hydrogen-bond acceptors (Lipinski definition) is 5. The number of para-hydroxylation sites is 1. The highest BCUT2D eigenvalue weighted by atomic mass is 32.2. The monoisotopic (exact) mass is 409 g/mol. The zero-order chi connectivity index (χ0) is 20.4. The molecule has 1 atom stereocenters. The van der Waals surface area contributed by atoms with Crippen LogP contribution in [0.3, 0.4) is 0 Å². The molecule has 1 amide bonds. The van der Waals surface area contributed by atoms with E-state index in [0.717, 1.165) is 0 Å². The smallest absolute Gasteiger partial charge is 0.266 e. The summed E-state index contributed by atoms with van der Waals surface area (Å²) in [6, 6.07) is 14.7. The number of nitrogens with one attached hydrogen (secondary N) is 1. The Bertz CT molecular complexity index is 1110. The summed E-state index contributed by atoms with van der Waals surface area (Å²) in [5.41, 5.74) is 1.10. The predicted molar refractivity (Wildman–Crippen MR) is 115 cm³/mol. The van der Waals surface area contributed by atoms with Gasteiger partial charge in [-0.05, 0) is 49.9 Å². The van der Waals surface area contributed by atoms with E-state index in [4.69, 9.17) is 4.74 Å². The van der Waals surface area contributed by atoms with E-state index in [0.29, 0.717) is 33.4 Å². The minimum atomic E-state index is -0.168. The summed E-state index contributed by atoms with van der Waals surface area (Å²) < 4.78 is 6.86. The molecule has 1 aliphatic carbocycles. The van der Waals surface area contributed by atoms with Gasteiger partial charge in [-0.3, -0.25) is 14.2 Å². The second-order valence-corrected chi connectivity index (χ2v) is 8.18. The number of fused-ring (bicyclic) bond motifs is 1. The molecule has 1 aliphatic rings. The molecule has 4 rings (SSSR count). The number of aromatic nitrogens is 2. The highest BCUT2D eigenvalue weighted by Gasteiger charge is 2.28. The molecule has 7 heteroatoms. The Morgan fingerprint density at radius 1 is 1.28 bits per heavy atom. The Balaban J connectivity index is 1.69. The number of thioether (sulfide) groups is 1. The SMILES string of the molecule is COc1cccc(-n2c(SCC(=O)N[C@@H](C)C3CC3)nc3ccccc3c2=O)c1. The van der Waals surface area contributed by atoms with Crippen molar-refractivity contribution in [3.63, 3.8) is 0 Å². The molecule has 0 spiro atoms. The summed E-state index contributed by atoms with van der Waals surface area (Å²) in [6.07, 6.45) is 2.35. The van der Waals surface area contributed by atoms with Crippen molar-refractivity contribution in [1.82, 2.24) is 14.9 Å². The molecule has 29 heavy (non-hydrogen) atoms. The van der Waals surface area contributed by atoms with Gasteiger partial charge in [0.25, 0.3) is 5.56 Å². The lowest BCUT2D eigenvalue weighted by atomic mass is 10.2. The lowest BCUT2D eigenvalue weighted by Gasteiger charge is -2.15. The van der Waals surface area contributed by atoms with Gasteiger partial charge in [0.2, 0.25) is 5.91 Å². The fourth-order valence-corrected chi connectivity index (χ4v) is 4.15. The van der Waals surface area contributed by atoms with E-state index in [1.807, 2.05) is 43.3 Å². The number of hydrogen-bond donors (Lipinski definition) is 1. The maximum absolute atomic E-state index is 13.2. The Hall–Kier alpha value is -2.80. The topological polar surface area (TPSA) is 73.2 Å². The van der Waals surface area contributed by atoms with Crippen molar-refractivity contribution in [3.05, 3.63) is 58.9 Å². The first-order valence-corrected chi connectivity index (χ1v) is 10.6. The fourth-order valence-electron chi connectivity index (χ4n) is 3.33. The first kappa shape index (κ1) is 19.5. The number of amides is 1. The third-order valence-corrected chi connectivity index (χ3v) is 6.05. The van der Waals surface area contributed by atoms with Gasteiger partial charge in [0.05, 0.1) is 29.5 Å². The number of benzene rings is 2. The van der Waals surface area contributed by atoms with Crippen molar-refractivity contribution in [2.24, 2.45) is 5.92 Å². The van der Waals surface area contributed by atoms with Crippen molar-refractivity contribution in [3.8, 4) is 11.4 Å². The Morgan fingerprint density at radius 3 is 2.83 bits per heavy atom. The summed E-state index contributed by atoms with van der Waals surface area (Å²) in [6.45, 7) is 2.04. The lowest BCUT2D eigenvalue weighted by Crippen LogP contribution is -2.35. The van der Waals surface area contributed by atoms with Crippen LogP contribution >= 0.6 is 11.8 Å². The number of methoxy groups -OCH3 is 1. The van der Waals surface area contributed by atoms with Crippen molar-refractivity contribution in [1.29, 1.82) is 0 Å². The molecule has 6 nitrogen and oxygen atoms in total. The molecular weight excluding hydrogens is 386 g/mol. The second kappa shape index (κ2) is 8.29. The van der Waals surface area contributed by atoms with Crippen LogP contribution in [0.25, 0.3) is 16.6 Å². The van der Waals surface area contributed by atoms with Crippen LogP contribution in [0.2, 0.25) is 0 Å². The van der Waals surface area contributed by atoms with Gasteiger partial charge in [-0.1, -0.05) is 30.0 Å². The van der Waals surface area contributed by atoms with Crippen LogP contribution in [0.4, 0.5) is 0 Å². The summed E-state index contributed by atoms with van der Waals surface area (Å²) in [4.78, 5) is 30.3. The predicted octanol–water partition coefficient (Wildman–Crippen LogP) is 3.40. The fraction of sp³-hybridized carbons (Fsp3) is 0.318. The third-order valence-electron chi connectivity index (χ3n) is 5.11. The largest absolute Gasteiger partial charge is 0.497 e. The van der Waals surface area contributed by atoms with Gasteiger partial charge < -0.3 is 10.1 Å². The highest BCUT2D eigenvalue weighted by molar-refractivity contribution is 7.99. The first-order valence-electron chi connectivity index (χ1n) is 9.65. The van der Waals surface area contributed by atoms with Gasteiger partial charge in [0, 0.05) is 12.1 Å². The number of carbonyl (C=O) groups excluding carboxylic acids is 1. The van der Waals surface area contributed by atoms with Crippen LogP contribution in [0.5, 0.6) is 5.75 Å².